The molecule has 0 aliphatic carbocycles. The summed E-state index contributed by atoms with van der Waals surface area (Å²) in [5.74, 6) is 1.79. The fourth-order valence-corrected chi connectivity index (χ4v) is 10.5. The second kappa shape index (κ2) is 14.9. The van der Waals surface area contributed by atoms with E-state index < -0.39 is 0 Å². The van der Waals surface area contributed by atoms with E-state index in [1.54, 1.807) is 0 Å². The number of nitrogens with zero attached hydrogens (tertiary/aromatic N) is 4. The van der Waals surface area contributed by atoms with Crippen LogP contribution in [0.2, 0.25) is 0 Å². The maximum absolute atomic E-state index is 6.30. The highest BCUT2D eigenvalue weighted by atomic mass is 32.1. The van der Waals surface area contributed by atoms with Crippen LogP contribution < -0.4 is 0 Å². The van der Waals surface area contributed by atoms with Crippen LogP contribution in [-0.4, -0.2) is 19.5 Å². The molecule has 4 heterocycles. The smallest absolute Gasteiger partial charge is 0.164 e. The number of benzene rings is 9. The van der Waals surface area contributed by atoms with E-state index in [0.29, 0.717) is 17.5 Å². The Balaban J connectivity index is 0.00000208. The number of hydrogen-bond acceptors (Lipinski definition) is 5. The average Bonchev–Trinajstić information content (AvgIpc) is 4.04. The zero-order valence-corrected chi connectivity index (χ0v) is 35.4. The second-order valence-corrected chi connectivity index (χ2v) is 16.6. The molecule has 0 atom stereocenters. The molecule has 0 spiro atoms. The normalized spacial score (nSPS) is 11.7. The number of aromatic nitrogens is 4. The summed E-state index contributed by atoms with van der Waals surface area (Å²) in [6.07, 6.45) is 0. The van der Waals surface area contributed by atoms with Gasteiger partial charge in [-0.3, -0.25) is 0 Å². The van der Waals surface area contributed by atoms with Crippen molar-refractivity contribution in [2.45, 2.75) is 13.8 Å². The van der Waals surface area contributed by atoms with Crippen molar-refractivity contribution in [3.63, 3.8) is 0 Å². The number of fused-ring (bicyclic) bond motifs is 11. The molecule has 298 valence electrons. The Morgan fingerprint density at radius 2 is 1.05 bits per heavy atom. The molecule has 4 aromatic heterocycles. The maximum atomic E-state index is 6.30. The van der Waals surface area contributed by atoms with Gasteiger partial charge >= 0.3 is 0 Å². The molecule has 13 aromatic rings. The predicted molar refractivity (Wildman–Crippen MR) is 265 cm³/mol. The highest BCUT2D eigenvalue weighted by molar-refractivity contribution is 7.26. The maximum Gasteiger partial charge on any atom is 0.164 e. The van der Waals surface area contributed by atoms with E-state index in [1.165, 1.54) is 52.8 Å². The Morgan fingerprint density at radius 1 is 0.429 bits per heavy atom. The summed E-state index contributed by atoms with van der Waals surface area (Å²) < 4.78 is 11.3. The number of rotatable bonds is 5. The van der Waals surface area contributed by atoms with E-state index in [2.05, 4.69) is 144 Å². The lowest BCUT2D eigenvalue weighted by Gasteiger charge is -2.14. The van der Waals surface area contributed by atoms with E-state index in [0.717, 1.165) is 55.3 Å². The minimum Gasteiger partial charge on any atom is -0.456 e. The van der Waals surface area contributed by atoms with Crippen LogP contribution in [-0.2, 0) is 0 Å². The summed E-state index contributed by atoms with van der Waals surface area (Å²) in [6.45, 7) is 4.00. The van der Waals surface area contributed by atoms with Gasteiger partial charge in [0.1, 0.15) is 11.2 Å². The highest BCUT2D eigenvalue weighted by Gasteiger charge is 2.21. The van der Waals surface area contributed by atoms with E-state index in [-0.39, 0.29) is 0 Å². The Labute approximate surface area is 367 Å². The van der Waals surface area contributed by atoms with Crippen LogP contribution in [0.25, 0.3) is 126 Å². The van der Waals surface area contributed by atoms with Gasteiger partial charge in [0.15, 0.2) is 17.5 Å². The highest BCUT2D eigenvalue weighted by Crippen LogP contribution is 2.46. The largest absolute Gasteiger partial charge is 0.456 e. The Hall–Kier alpha value is -7.93. The van der Waals surface area contributed by atoms with E-state index >= 15 is 0 Å². The first kappa shape index (κ1) is 36.9. The summed E-state index contributed by atoms with van der Waals surface area (Å²) in [6, 6.07) is 68.6. The zero-order chi connectivity index (χ0) is 42.0. The van der Waals surface area contributed by atoms with Gasteiger partial charge in [-0.15, -0.1) is 11.3 Å². The first-order chi connectivity index (χ1) is 31.2. The van der Waals surface area contributed by atoms with Gasteiger partial charge in [-0.05, 0) is 53.2 Å². The summed E-state index contributed by atoms with van der Waals surface area (Å²) in [5.41, 5.74) is 10.1. The molecular weight excluding hydrogens is 789 g/mol. The molecule has 0 unspecified atom stereocenters. The third-order valence-corrected chi connectivity index (χ3v) is 13.2. The van der Waals surface area contributed by atoms with Gasteiger partial charge in [-0.1, -0.05) is 166 Å². The van der Waals surface area contributed by atoms with Crippen LogP contribution >= 0.6 is 11.3 Å². The molecule has 9 aromatic carbocycles. The number of thiophene rings is 1. The van der Waals surface area contributed by atoms with E-state index in [1.807, 2.05) is 79.8 Å². The van der Waals surface area contributed by atoms with Gasteiger partial charge in [0, 0.05) is 75.2 Å². The quantitative estimate of drug-likeness (QED) is 0.173. The molecule has 63 heavy (non-hydrogen) atoms. The van der Waals surface area contributed by atoms with Crippen LogP contribution in [0, 0.1) is 0 Å². The molecule has 0 bridgehead atoms. The molecule has 0 radical (unpaired) electrons. The molecule has 0 amide bonds. The minimum absolute atomic E-state index is 0.583. The molecule has 0 fully saturated rings. The minimum atomic E-state index is 0.583. The lowest BCUT2D eigenvalue weighted by Crippen LogP contribution is -2.01. The Kier molecular flexibility index (Phi) is 8.73. The van der Waals surface area contributed by atoms with Crippen LogP contribution in [0.1, 0.15) is 13.8 Å². The molecule has 13 rings (SSSR count). The first-order valence-corrected chi connectivity index (χ1v) is 22.2. The van der Waals surface area contributed by atoms with Crippen molar-refractivity contribution in [1.29, 1.82) is 0 Å². The lowest BCUT2D eigenvalue weighted by molar-refractivity contribution is 0.669. The van der Waals surface area contributed by atoms with Crippen LogP contribution in [0.3, 0.4) is 0 Å². The first-order valence-electron chi connectivity index (χ1n) is 21.4. The van der Waals surface area contributed by atoms with Crippen molar-refractivity contribution in [3.8, 4) is 51.0 Å². The third kappa shape index (κ3) is 5.94. The van der Waals surface area contributed by atoms with Crippen molar-refractivity contribution < 1.29 is 4.42 Å². The number of para-hydroxylation sites is 3. The summed E-state index contributed by atoms with van der Waals surface area (Å²) in [5, 5.41) is 9.72. The lowest BCUT2D eigenvalue weighted by atomic mass is 9.98. The van der Waals surface area contributed by atoms with Crippen molar-refractivity contribution in [2.24, 2.45) is 0 Å². The van der Waals surface area contributed by atoms with Gasteiger partial charge in [0.2, 0.25) is 0 Å². The predicted octanol–water partition coefficient (Wildman–Crippen LogP) is 16.1. The molecule has 0 aliphatic heterocycles. The molecule has 6 heteroatoms. The second-order valence-electron chi connectivity index (χ2n) is 15.5. The Morgan fingerprint density at radius 3 is 1.89 bits per heavy atom. The fraction of sp³-hybridized carbons (Fsp3) is 0.0351. The summed E-state index contributed by atoms with van der Waals surface area (Å²) in [7, 11) is 0. The van der Waals surface area contributed by atoms with Gasteiger partial charge in [-0.2, -0.15) is 0 Å². The number of hydrogen-bond donors (Lipinski definition) is 0. The molecule has 5 nitrogen and oxygen atoms in total. The van der Waals surface area contributed by atoms with Gasteiger partial charge in [-0.25, -0.2) is 15.0 Å². The van der Waals surface area contributed by atoms with Crippen LogP contribution in [0.4, 0.5) is 0 Å². The Bertz CT molecular complexity index is 3900. The summed E-state index contributed by atoms with van der Waals surface area (Å²) in [4.78, 5) is 15.4. The third-order valence-electron chi connectivity index (χ3n) is 12.0. The van der Waals surface area contributed by atoms with Crippen LogP contribution in [0.5, 0.6) is 0 Å². The monoisotopic (exact) mass is 826 g/mol. The van der Waals surface area contributed by atoms with Gasteiger partial charge in [0.05, 0.1) is 11.0 Å². The molecule has 0 N–H and O–H groups in total. The van der Waals surface area contributed by atoms with Crippen molar-refractivity contribution in [1.82, 2.24) is 19.5 Å². The zero-order valence-electron chi connectivity index (χ0n) is 34.6. The van der Waals surface area contributed by atoms with Crippen molar-refractivity contribution in [2.75, 3.05) is 0 Å². The SMILES string of the molecule is CC.c1ccc(-c2nc(-c3cccc(-n4c5ccccc5c5cccc(-c6cccc7c6sc6ccc8ccccc8c67)c54)c3)nc(-c3ccc4c(c3)oc3ccccc34)n2)cc1. The van der Waals surface area contributed by atoms with E-state index in [4.69, 9.17) is 19.4 Å². The van der Waals surface area contributed by atoms with Crippen LogP contribution in [0.15, 0.2) is 199 Å². The fourth-order valence-electron chi connectivity index (χ4n) is 9.28. The van der Waals surface area contributed by atoms with Gasteiger partial charge < -0.3 is 8.98 Å². The van der Waals surface area contributed by atoms with Gasteiger partial charge in [0.25, 0.3) is 0 Å². The summed E-state index contributed by atoms with van der Waals surface area (Å²) >= 11 is 1.88. The molecular formula is C57H38N4OS. The van der Waals surface area contributed by atoms with Crippen molar-refractivity contribution >= 4 is 86.0 Å². The molecule has 0 saturated carbocycles. The topological polar surface area (TPSA) is 56.7 Å². The molecule has 0 saturated heterocycles. The van der Waals surface area contributed by atoms with E-state index in [9.17, 15) is 0 Å². The standard InChI is InChI=1S/C55H32N4OS.C2H6/c1-2-14-34(15-3-1)53-56-54(58-55(57-53)36-27-29-41-40-20-7-9-26-47(40)60-48(41)32-36)35-16-10-17-37(31-35)59-46-25-8-6-19-39(46)42-21-11-22-43(51(42)59)44-23-12-24-45-50-38-18-5-4-13-33(38)28-30-49(50)61-52(44)45;1-2/h1-32H;1-2H3. The molecule has 0 aliphatic rings. The number of furan rings is 1. The van der Waals surface area contributed by atoms with Crippen molar-refractivity contribution in [3.05, 3.63) is 194 Å². The average molecular weight is 827 g/mol.